The molecule has 0 aliphatic carbocycles. The van der Waals surface area contributed by atoms with Crippen LogP contribution < -0.4 is 0 Å². The van der Waals surface area contributed by atoms with E-state index in [1.807, 2.05) is 37.6 Å². The molecule has 20 heavy (non-hydrogen) atoms. The number of nitrogens with zero attached hydrogens (tertiary/aromatic N) is 2. The summed E-state index contributed by atoms with van der Waals surface area (Å²) in [6.45, 7) is 6.37. The van der Waals surface area contributed by atoms with Crippen molar-refractivity contribution in [1.82, 2.24) is 9.55 Å². The van der Waals surface area contributed by atoms with Crippen molar-refractivity contribution in [2.24, 2.45) is 5.41 Å². The van der Waals surface area contributed by atoms with E-state index in [9.17, 15) is 5.11 Å². The van der Waals surface area contributed by atoms with Gasteiger partial charge in [-0.1, -0.05) is 50.0 Å². The summed E-state index contributed by atoms with van der Waals surface area (Å²) in [4.78, 5) is 4.02. The highest BCUT2D eigenvalue weighted by Gasteiger charge is 2.42. The molecule has 108 valence electrons. The molecule has 1 aromatic carbocycles. The van der Waals surface area contributed by atoms with Crippen LogP contribution in [0.4, 0.5) is 0 Å². The highest BCUT2D eigenvalue weighted by molar-refractivity contribution is 6.42. The van der Waals surface area contributed by atoms with Crippen molar-refractivity contribution in [2.45, 2.75) is 32.9 Å². The Morgan fingerprint density at radius 2 is 1.90 bits per heavy atom. The van der Waals surface area contributed by atoms with Crippen molar-refractivity contribution in [3.8, 4) is 0 Å². The number of imidazole rings is 1. The lowest BCUT2D eigenvalue weighted by molar-refractivity contribution is -0.0781. The zero-order valence-corrected chi connectivity index (χ0v) is 13.3. The van der Waals surface area contributed by atoms with Gasteiger partial charge in [-0.05, 0) is 23.1 Å². The van der Waals surface area contributed by atoms with E-state index in [4.69, 9.17) is 23.2 Å². The summed E-state index contributed by atoms with van der Waals surface area (Å²) in [7, 11) is 0. The second-order valence-electron chi connectivity index (χ2n) is 5.97. The van der Waals surface area contributed by atoms with Gasteiger partial charge < -0.3 is 9.67 Å². The first-order chi connectivity index (χ1) is 9.24. The summed E-state index contributed by atoms with van der Waals surface area (Å²) in [5.74, 6) is 0. The van der Waals surface area contributed by atoms with Crippen molar-refractivity contribution in [3.63, 3.8) is 0 Å². The van der Waals surface area contributed by atoms with Crippen LogP contribution in [-0.2, 0) is 12.1 Å². The summed E-state index contributed by atoms with van der Waals surface area (Å²) < 4.78 is 1.85. The van der Waals surface area contributed by atoms with Gasteiger partial charge in [0.25, 0.3) is 0 Å². The van der Waals surface area contributed by atoms with Gasteiger partial charge in [-0.2, -0.15) is 0 Å². The summed E-state index contributed by atoms with van der Waals surface area (Å²) in [5, 5.41) is 12.2. The Morgan fingerprint density at radius 1 is 1.20 bits per heavy atom. The molecular weight excluding hydrogens is 295 g/mol. The molecule has 2 rings (SSSR count). The predicted octanol–water partition coefficient (Wildman–Crippen LogP) is 4.12. The van der Waals surface area contributed by atoms with E-state index >= 15 is 0 Å². The molecule has 1 aromatic heterocycles. The van der Waals surface area contributed by atoms with Crippen LogP contribution in [0, 0.1) is 5.41 Å². The molecular formula is C15H18Cl2N2O. The number of aromatic nitrogens is 2. The molecule has 1 heterocycles. The van der Waals surface area contributed by atoms with Crippen LogP contribution in [0.15, 0.2) is 36.9 Å². The second-order valence-corrected chi connectivity index (χ2v) is 6.79. The monoisotopic (exact) mass is 312 g/mol. The van der Waals surface area contributed by atoms with E-state index in [2.05, 4.69) is 4.98 Å². The van der Waals surface area contributed by atoms with Crippen molar-refractivity contribution in [2.75, 3.05) is 0 Å². The fourth-order valence-corrected chi connectivity index (χ4v) is 2.46. The maximum absolute atomic E-state index is 11.3. The van der Waals surface area contributed by atoms with E-state index < -0.39 is 5.60 Å². The Kier molecular flexibility index (Phi) is 4.14. The van der Waals surface area contributed by atoms with Crippen LogP contribution in [0.1, 0.15) is 26.3 Å². The highest BCUT2D eigenvalue weighted by Crippen LogP contribution is 2.42. The molecule has 1 N–H and O–H groups in total. The number of benzene rings is 1. The summed E-state index contributed by atoms with van der Waals surface area (Å²) in [6, 6.07) is 5.26. The molecule has 3 nitrogen and oxygen atoms in total. The van der Waals surface area contributed by atoms with Gasteiger partial charge in [-0.15, -0.1) is 0 Å². The van der Waals surface area contributed by atoms with Crippen LogP contribution in [0.2, 0.25) is 10.0 Å². The molecule has 0 radical (unpaired) electrons. The first-order valence-electron chi connectivity index (χ1n) is 6.38. The minimum atomic E-state index is -1.08. The molecule has 0 saturated carbocycles. The molecule has 0 saturated heterocycles. The summed E-state index contributed by atoms with van der Waals surface area (Å²) in [5.41, 5.74) is -0.718. The fourth-order valence-electron chi connectivity index (χ4n) is 2.16. The fraction of sp³-hybridized carbons (Fsp3) is 0.400. The lowest BCUT2D eigenvalue weighted by Gasteiger charge is -2.41. The molecule has 0 bridgehead atoms. The molecule has 1 atom stereocenters. The summed E-state index contributed by atoms with van der Waals surface area (Å²) in [6.07, 6.45) is 5.21. The Morgan fingerprint density at radius 3 is 2.40 bits per heavy atom. The third kappa shape index (κ3) is 2.85. The largest absolute Gasteiger partial charge is 0.383 e. The summed E-state index contributed by atoms with van der Waals surface area (Å²) >= 11 is 12.0. The zero-order chi connectivity index (χ0) is 15.0. The number of hydrogen-bond donors (Lipinski definition) is 1. The Labute approximate surface area is 129 Å². The first kappa shape index (κ1) is 15.4. The predicted molar refractivity (Wildman–Crippen MR) is 82.0 cm³/mol. The number of rotatable bonds is 3. The van der Waals surface area contributed by atoms with Gasteiger partial charge in [0, 0.05) is 12.4 Å². The zero-order valence-electron chi connectivity index (χ0n) is 11.8. The quantitative estimate of drug-likeness (QED) is 0.925. The third-order valence-corrected chi connectivity index (χ3v) is 4.35. The van der Waals surface area contributed by atoms with E-state index in [1.165, 1.54) is 0 Å². The van der Waals surface area contributed by atoms with Crippen LogP contribution in [-0.4, -0.2) is 14.7 Å². The number of aliphatic hydroxyl groups is 1. The maximum Gasteiger partial charge on any atom is 0.112 e. The number of halogens is 2. The lowest BCUT2D eigenvalue weighted by Crippen LogP contribution is -2.43. The molecule has 0 fully saturated rings. The van der Waals surface area contributed by atoms with Crippen LogP contribution in [0.25, 0.3) is 0 Å². The minimum Gasteiger partial charge on any atom is -0.383 e. The molecule has 0 aliphatic rings. The topological polar surface area (TPSA) is 38.0 Å². The standard InChI is InChI=1S/C15H18Cl2N2O/c1-14(2,3)15(20,9-19-7-6-18-10-19)11-4-5-12(16)13(17)8-11/h4-8,10,20H,9H2,1-3H3. The minimum absolute atomic E-state index is 0.381. The average Bonchev–Trinajstić information content (AvgIpc) is 2.83. The number of hydrogen-bond acceptors (Lipinski definition) is 2. The SMILES string of the molecule is CC(C)(C)C(O)(Cn1ccnc1)c1ccc(Cl)c(Cl)c1. The van der Waals surface area contributed by atoms with Crippen molar-refractivity contribution in [1.29, 1.82) is 0 Å². The van der Waals surface area contributed by atoms with Crippen molar-refractivity contribution in [3.05, 3.63) is 52.5 Å². The Hall–Kier alpha value is -1.03. The lowest BCUT2D eigenvalue weighted by atomic mass is 9.72. The molecule has 0 aliphatic heterocycles. The van der Waals surface area contributed by atoms with Gasteiger partial charge in [-0.25, -0.2) is 4.98 Å². The van der Waals surface area contributed by atoms with Gasteiger partial charge in [0.05, 0.1) is 22.9 Å². The third-order valence-electron chi connectivity index (χ3n) is 3.61. The van der Waals surface area contributed by atoms with E-state index in [0.717, 1.165) is 5.56 Å². The van der Waals surface area contributed by atoms with Gasteiger partial charge in [-0.3, -0.25) is 0 Å². The van der Waals surface area contributed by atoms with E-state index in [-0.39, 0.29) is 5.41 Å². The maximum atomic E-state index is 11.3. The van der Waals surface area contributed by atoms with Crippen LogP contribution in [0.3, 0.4) is 0 Å². The van der Waals surface area contributed by atoms with Crippen LogP contribution >= 0.6 is 23.2 Å². The molecule has 0 spiro atoms. The van der Waals surface area contributed by atoms with E-state index in [0.29, 0.717) is 16.6 Å². The van der Waals surface area contributed by atoms with Gasteiger partial charge in [0.2, 0.25) is 0 Å². The molecule has 1 unspecified atom stereocenters. The normalized spacial score (nSPS) is 15.1. The highest BCUT2D eigenvalue weighted by atomic mass is 35.5. The van der Waals surface area contributed by atoms with Gasteiger partial charge in [0.15, 0.2) is 0 Å². The second kappa shape index (κ2) is 5.40. The molecule has 0 amide bonds. The smallest absolute Gasteiger partial charge is 0.112 e. The Bertz CT molecular complexity index is 590. The van der Waals surface area contributed by atoms with Gasteiger partial charge >= 0.3 is 0 Å². The average molecular weight is 313 g/mol. The van der Waals surface area contributed by atoms with Crippen LogP contribution in [0.5, 0.6) is 0 Å². The molecule has 2 aromatic rings. The Balaban J connectivity index is 2.49. The first-order valence-corrected chi connectivity index (χ1v) is 7.13. The molecule has 5 heteroatoms. The van der Waals surface area contributed by atoms with Crippen molar-refractivity contribution >= 4 is 23.2 Å². The van der Waals surface area contributed by atoms with Crippen molar-refractivity contribution < 1.29 is 5.11 Å². The van der Waals surface area contributed by atoms with Gasteiger partial charge in [0.1, 0.15) is 5.60 Å². The van der Waals surface area contributed by atoms with E-state index in [1.54, 1.807) is 24.7 Å².